The Morgan fingerprint density at radius 3 is 2.77 bits per heavy atom. The van der Waals surface area contributed by atoms with E-state index in [9.17, 15) is 0 Å². The largest absolute Gasteiger partial charge is 0.519 e. The van der Waals surface area contributed by atoms with Crippen molar-refractivity contribution in [3.05, 3.63) is 18.2 Å². The average Bonchev–Trinajstić information content (AvgIpc) is 2.49. The molecule has 4 nitrogen and oxygen atoms in total. The second kappa shape index (κ2) is 2.99. The number of rotatable bonds is 1. The lowest BCUT2D eigenvalue weighted by atomic mass is 9.94. The van der Waals surface area contributed by atoms with Crippen LogP contribution in [-0.2, 0) is 0 Å². The molecule has 0 saturated heterocycles. The van der Waals surface area contributed by atoms with E-state index in [1.54, 1.807) is 6.07 Å². The Hall–Kier alpha value is -1.11. The van der Waals surface area contributed by atoms with E-state index in [0.29, 0.717) is 11.2 Å². The standard InChI is InChI=1S/C7H7BN2O2S/c9-4-2-1-3-5-6(4)10-7(13-5)8(11)12/h1-3,11-12H,9H2. The van der Waals surface area contributed by atoms with Gasteiger partial charge in [-0.15, -0.1) is 11.3 Å². The predicted octanol–water partition coefficient (Wildman–Crippen LogP) is -0.442. The van der Waals surface area contributed by atoms with Crippen molar-refractivity contribution in [2.24, 2.45) is 0 Å². The van der Waals surface area contributed by atoms with E-state index in [1.165, 1.54) is 11.3 Å². The van der Waals surface area contributed by atoms with Crippen LogP contribution in [0.2, 0.25) is 0 Å². The highest BCUT2D eigenvalue weighted by Crippen LogP contribution is 2.21. The molecule has 0 bridgehead atoms. The minimum Gasteiger partial charge on any atom is -0.422 e. The summed E-state index contributed by atoms with van der Waals surface area (Å²) in [5, 5.41) is 17.8. The van der Waals surface area contributed by atoms with Gasteiger partial charge in [-0.05, 0) is 12.1 Å². The van der Waals surface area contributed by atoms with Crippen molar-refractivity contribution in [2.75, 3.05) is 5.73 Å². The van der Waals surface area contributed by atoms with Crippen LogP contribution in [0.25, 0.3) is 10.2 Å². The molecule has 1 aromatic carbocycles. The van der Waals surface area contributed by atoms with Crippen molar-refractivity contribution < 1.29 is 10.0 Å². The second-order valence-electron chi connectivity index (χ2n) is 2.62. The van der Waals surface area contributed by atoms with Crippen molar-refractivity contribution in [3.8, 4) is 0 Å². The quantitative estimate of drug-likeness (QED) is 0.424. The lowest BCUT2D eigenvalue weighted by Crippen LogP contribution is -2.28. The summed E-state index contributed by atoms with van der Waals surface area (Å²) in [6.45, 7) is 0. The Labute approximate surface area is 78.8 Å². The number of hydrogen-bond acceptors (Lipinski definition) is 5. The van der Waals surface area contributed by atoms with E-state index in [1.807, 2.05) is 12.1 Å². The van der Waals surface area contributed by atoms with Crippen LogP contribution in [0, 0.1) is 0 Å². The third kappa shape index (κ3) is 1.39. The van der Waals surface area contributed by atoms with Gasteiger partial charge in [-0.3, -0.25) is 0 Å². The molecule has 0 aliphatic heterocycles. The first-order valence-corrected chi connectivity index (χ1v) is 4.51. The van der Waals surface area contributed by atoms with Gasteiger partial charge in [0.2, 0.25) is 0 Å². The van der Waals surface area contributed by atoms with Gasteiger partial charge in [-0.2, -0.15) is 0 Å². The zero-order valence-electron chi connectivity index (χ0n) is 6.64. The lowest BCUT2D eigenvalue weighted by molar-refractivity contribution is 0.425. The number of hydrogen-bond donors (Lipinski definition) is 3. The monoisotopic (exact) mass is 194 g/mol. The molecule has 66 valence electrons. The Balaban J connectivity index is 2.68. The molecule has 0 aliphatic carbocycles. The van der Waals surface area contributed by atoms with Gasteiger partial charge in [0.1, 0.15) is 10.4 Å². The number of benzene rings is 1. The minimum atomic E-state index is -1.52. The van der Waals surface area contributed by atoms with Crippen molar-refractivity contribution >= 4 is 39.3 Å². The van der Waals surface area contributed by atoms with E-state index in [-0.39, 0.29) is 4.91 Å². The number of fused-ring (bicyclic) bond motifs is 1. The number of para-hydroxylation sites is 1. The summed E-state index contributed by atoms with van der Waals surface area (Å²) in [4.78, 5) is 4.28. The van der Waals surface area contributed by atoms with Crippen molar-refractivity contribution in [1.29, 1.82) is 0 Å². The molecule has 0 aliphatic rings. The molecule has 13 heavy (non-hydrogen) atoms. The first-order chi connectivity index (χ1) is 6.18. The average molecular weight is 194 g/mol. The molecule has 0 radical (unpaired) electrons. The van der Waals surface area contributed by atoms with Gasteiger partial charge in [0.05, 0.1) is 10.4 Å². The molecule has 0 unspecified atom stereocenters. The van der Waals surface area contributed by atoms with E-state index in [4.69, 9.17) is 15.8 Å². The van der Waals surface area contributed by atoms with Crippen LogP contribution in [-0.4, -0.2) is 22.2 Å². The summed E-state index contributed by atoms with van der Waals surface area (Å²) >= 11 is 1.23. The fraction of sp³-hybridized carbons (Fsp3) is 0. The van der Waals surface area contributed by atoms with Gasteiger partial charge in [-0.1, -0.05) is 6.07 Å². The number of aromatic nitrogens is 1. The normalized spacial score (nSPS) is 10.6. The summed E-state index contributed by atoms with van der Waals surface area (Å²) < 4.78 is 0.864. The maximum Gasteiger partial charge on any atom is 0.519 e. The summed E-state index contributed by atoms with van der Waals surface area (Å²) in [6, 6.07) is 5.38. The number of nitrogens with two attached hydrogens (primary N) is 1. The predicted molar refractivity (Wildman–Crippen MR) is 53.9 cm³/mol. The van der Waals surface area contributed by atoms with Crippen LogP contribution < -0.4 is 10.6 Å². The van der Waals surface area contributed by atoms with Gasteiger partial charge in [0.25, 0.3) is 0 Å². The fourth-order valence-corrected chi connectivity index (χ4v) is 1.97. The van der Waals surface area contributed by atoms with Crippen molar-refractivity contribution in [2.45, 2.75) is 0 Å². The first kappa shape index (κ1) is 8.49. The van der Waals surface area contributed by atoms with Gasteiger partial charge >= 0.3 is 7.12 Å². The number of nitrogen functional groups attached to an aromatic ring is 1. The second-order valence-corrected chi connectivity index (χ2v) is 3.68. The lowest BCUT2D eigenvalue weighted by Gasteiger charge is -1.91. The highest BCUT2D eigenvalue weighted by molar-refractivity contribution is 7.27. The SMILES string of the molecule is Nc1cccc2sc(B(O)O)nc12. The van der Waals surface area contributed by atoms with Crippen molar-refractivity contribution in [1.82, 2.24) is 4.98 Å². The third-order valence-corrected chi connectivity index (χ3v) is 2.75. The molecule has 4 N–H and O–H groups in total. The molecule has 2 aromatic rings. The highest BCUT2D eigenvalue weighted by atomic mass is 32.1. The van der Waals surface area contributed by atoms with Crippen LogP contribution >= 0.6 is 11.3 Å². The molecule has 0 saturated carbocycles. The smallest absolute Gasteiger partial charge is 0.422 e. The minimum absolute atomic E-state index is 0.271. The number of nitrogens with zero attached hydrogens (tertiary/aromatic N) is 1. The van der Waals surface area contributed by atoms with Crippen LogP contribution in [0.5, 0.6) is 0 Å². The highest BCUT2D eigenvalue weighted by Gasteiger charge is 2.17. The molecule has 6 heteroatoms. The van der Waals surface area contributed by atoms with Gasteiger partial charge in [-0.25, -0.2) is 4.98 Å². The molecule has 1 aromatic heterocycles. The maximum atomic E-state index is 8.88. The summed E-state index contributed by atoms with van der Waals surface area (Å²) in [6.07, 6.45) is 0. The van der Waals surface area contributed by atoms with Crippen LogP contribution in [0.3, 0.4) is 0 Å². The first-order valence-electron chi connectivity index (χ1n) is 3.69. The van der Waals surface area contributed by atoms with E-state index in [2.05, 4.69) is 4.98 Å². The molecular weight excluding hydrogens is 187 g/mol. The molecule has 1 heterocycles. The maximum absolute atomic E-state index is 8.88. The summed E-state index contributed by atoms with van der Waals surface area (Å²) in [5.74, 6) is 0. The third-order valence-electron chi connectivity index (χ3n) is 1.69. The van der Waals surface area contributed by atoms with E-state index < -0.39 is 7.12 Å². The van der Waals surface area contributed by atoms with Gasteiger partial charge < -0.3 is 15.8 Å². The Morgan fingerprint density at radius 2 is 2.15 bits per heavy atom. The van der Waals surface area contributed by atoms with Gasteiger partial charge in [0.15, 0.2) is 0 Å². The summed E-state index contributed by atoms with van der Waals surface area (Å²) in [7, 11) is -1.52. The molecule has 0 fully saturated rings. The van der Waals surface area contributed by atoms with Crippen LogP contribution in [0.1, 0.15) is 0 Å². The topological polar surface area (TPSA) is 79.4 Å². The molecule has 2 rings (SSSR count). The van der Waals surface area contributed by atoms with Crippen LogP contribution in [0.15, 0.2) is 18.2 Å². The van der Waals surface area contributed by atoms with Crippen LogP contribution in [0.4, 0.5) is 5.69 Å². The number of anilines is 1. The summed E-state index contributed by atoms with van der Waals surface area (Å²) in [5.41, 5.74) is 6.84. The Morgan fingerprint density at radius 1 is 1.38 bits per heavy atom. The molecule has 0 spiro atoms. The molecular formula is C7H7BN2O2S. The Bertz CT molecular complexity index is 443. The zero-order valence-corrected chi connectivity index (χ0v) is 7.45. The van der Waals surface area contributed by atoms with E-state index in [0.717, 1.165) is 4.70 Å². The fourth-order valence-electron chi connectivity index (χ4n) is 1.10. The van der Waals surface area contributed by atoms with Crippen molar-refractivity contribution in [3.63, 3.8) is 0 Å². The zero-order chi connectivity index (χ0) is 9.42. The van der Waals surface area contributed by atoms with E-state index >= 15 is 0 Å². The molecule has 0 atom stereocenters. The Kier molecular flexibility index (Phi) is 1.95. The van der Waals surface area contributed by atoms with Gasteiger partial charge in [0, 0.05) is 0 Å². The molecule has 0 amide bonds. The number of thiazole rings is 1.